The fourth-order valence-electron chi connectivity index (χ4n) is 6.59. The summed E-state index contributed by atoms with van der Waals surface area (Å²) in [6.45, 7) is 4.24. The molecule has 2 atom stereocenters. The number of likely N-dealkylation sites (N-methyl/N-ethyl adjacent to an activating group) is 1. The summed E-state index contributed by atoms with van der Waals surface area (Å²) in [6, 6.07) is 0. The number of quaternary nitrogens is 1. The Hall–Kier alpha value is -1.25. The Morgan fingerprint density at radius 2 is 0.911 bits per heavy atom. The van der Waals surface area contributed by atoms with Crippen LogP contribution in [0.1, 0.15) is 219 Å². The first-order chi connectivity index (χ1) is 27.0. The highest BCUT2D eigenvalue weighted by molar-refractivity contribution is 7.45. The van der Waals surface area contributed by atoms with Crippen LogP contribution >= 0.6 is 7.82 Å². The van der Waals surface area contributed by atoms with Gasteiger partial charge in [-0.2, -0.15) is 0 Å². The van der Waals surface area contributed by atoms with E-state index < -0.39 is 26.5 Å². The summed E-state index contributed by atoms with van der Waals surface area (Å²) in [4.78, 5) is 37.6. The topological polar surface area (TPSA) is 111 Å². The fourth-order valence-corrected chi connectivity index (χ4v) is 7.32. The van der Waals surface area contributed by atoms with E-state index in [1.54, 1.807) is 0 Å². The number of esters is 2. The quantitative estimate of drug-likeness (QED) is 0.0197. The summed E-state index contributed by atoms with van der Waals surface area (Å²) >= 11 is 0. The molecular weight excluding hydrogens is 725 g/mol. The van der Waals surface area contributed by atoms with Crippen LogP contribution in [0.4, 0.5) is 0 Å². The Balaban J connectivity index is 4.29. The van der Waals surface area contributed by atoms with Gasteiger partial charge in [-0.1, -0.05) is 180 Å². The van der Waals surface area contributed by atoms with Crippen molar-refractivity contribution in [3.63, 3.8) is 0 Å². The average molecular weight is 816 g/mol. The van der Waals surface area contributed by atoms with Gasteiger partial charge in [0.2, 0.25) is 0 Å². The van der Waals surface area contributed by atoms with E-state index in [2.05, 4.69) is 26.0 Å². The van der Waals surface area contributed by atoms with Crippen molar-refractivity contribution in [2.45, 2.75) is 225 Å². The minimum Gasteiger partial charge on any atom is -0.756 e. The predicted molar refractivity (Wildman–Crippen MR) is 231 cm³/mol. The highest BCUT2D eigenvalue weighted by Gasteiger charge is 2.21. The number of phosphoric ester groups is 1. The van der Waals surface area contributed by atoms with Crippen LogP contribution in [0.3, 0.4) is 0 Å². The van der Waals surface area contributed by atoms with E-state index in [4.69, 9.17) is 18.5 Å². The van der Waals surface area contributed by atoms with Crippen LogP contribution in [0.25, 0.3) is 0 Å². The fraction of sp³-hybridized carbons (Fsp3) is 0.913. The first-order valence-electron chi connectivity index (χ1n) is 23.4. The van der Waals surface area contributed by atoms with Gasteiger partial charge in [-0.05, 0) is 38.5 Å². The highest BCUT2D eigenvalue weighted by atomic mass is 31.2. The van der Waals surface area contributed by atoms with Crippen molar-refractivity contribution in [2.24, 2.45) is 0 Å². The molecular formula is C46H90NO8P. The average Bonchev–Trinajstić information content (AvgIpc) is 3.15. The Morgan fingerprint density at radius 3 is 1.32 bits per heavy atom. The third-order valence-electron chi connectivity index (χ3n) is 10.3. The van der Waals surface area contributed by atoms with E-state index in [0.717, 1.165) is 51.4 Å². The third-order valence-corrected chi connectivity index (χ3v) is 11.2. The zero-order chi connectivity index (χ0) is 41.4. The zero-order valence-corrected chi connectivity index (χ0v) is 38.2. The number of carbonyl (C=O) groups excluding carboxylic acids is 2. The van der Waals surface area contributed by atoms with Gasteiger partial charge in [-0.15, -0.1) is 0 Å². The molecule has 0 fully saturated rings. The zero-order valence-electron chi connectivity index (χ0n) is 37.3. The van der Waals surface area contributed by atoms with Gasteiger partial charge in [0.1, 0.15) is 19.8 Å². The number of hydrogen-bond donors (Lipinski definition) is 0. The lowest BCUT2D eigenvalue weighted by atomic mass is 10.0. The molecule has 0 spiro atoms. The van der Waals surface area contributed by atoms with Crippen LogP contribution in [0.2, 0.25) is 0 Å². The molecule has 9 nitrogen and oxygen atoms in total. The van der Waals surface area contributed by atoms with Crippen molar-refractivity contribution in [3.8, 4) is 0 Å². The van der Waals surface area contributed by atoms with Crippen LogP contribution < -0.4 is 4.89 Å². The predicted octanol–water partition coefficient (Wildman–Crippen LogP) is 12.7. The van der Waals surface area contributed by atoms with E-state index in [1.807, 2.05) is 21.1 Å². The molecule has 0 saturated carbocycles. The monoisotopic (exact) mass is 816 g/mol. The Labute approximate surface area is 346 Å². The molecule has 1 unspecified atom stereocenters. The number of hydrogen-bond acceptors (Lipinski definition) is 8. The maximum absolute atomic E-state index is 12.7. The number of phosphoric acid groups is 1. The number of ether oxygens (including phenoxy) is 2. The van der Waals surface area contributed by atoms with E-state index in [0.29, 0.717) is 17.4 Å². The lowest BCUT2D eigenvalue weighted by molar-refractivity contribution is -0.870. The molecule has 0 aromatic carbocycles. The summed E-state index contributed by atoms with van der Waals surface area (Å²) in [7, 11) is 1.17. The molecule has 0 aliphatic rings. The van der Waals surface area contributed by atoms with Crippen LogP contribution in [-0.4, -0.2) is 70.0 Å². The molecule has 56 heavy (non-hydrogen) atoms. The minimum absolute atomic E-state index is 0.0288. The van der Waals surface area contributed by atoms with Gasteiger partial charge in [-0.3, -0.25) is 14.2 Å². The first-order valence-corrected chi connectivity index (χ1v) is 24.9. The first kappa shape index (κ1) is 54.8. The van der Waals surface area contributed by atoms with Crippen molar-refractivity contribution in [1.82, 2.24) is 0 Å². The second-order valence-electron chi connectivity index (χ2n) is 17.1. The number of allylic oxidation sites excluding steroid dienone is 2. The van der Waals surface area contributed by atoms with Crippen molar-refractivity contribution in [3.05, 3.63) is 12.2 Å². The SMILES string of the molecule is CCCCCCC/C=C/CCCCCCCC(=O)OC[C@H](COP(=O)([O-])OCC[N+](C)(C)C)OC(=O)CCCCCCCCCCCCCCCCCCCC. The van der Waals surface area contributed by atoms with Crippen LogP contribution in [-0.2, 0) is 32.7 Å². The Morgan fingerprint density at radius 1 is 0.536 bits per heavy atom. The summed E-state index contributed by atoms with van der Waals surface area (Å²) in [5.41, 5.74) is 0. The summed E-state index contributed by atoms with van der Waals surface area (Å²) < 4.78 is 33.9. The molecule has 0 N–H and O–H groups in total. The molecule has 0 bridgehead atoms. The third kappa shape index (κ3) is 42.4. The molecule has 0 aromatic heterocycles. The summed E-state index contributed by atoms with van der Waals surface area (Å²) in [6.07, 6.45) is 40.9. The van der Waals surface area contributed by atoms with Crippen molar-refractivity contribution < 1.29 is 42.1 Å². The van der Waals surface area contributed by atoms with Crippen molar-refractivity contribution in [2.75, 3.05) is 47.5 Å². The van der Waals surface area contributed by atoms with Gasteiger partial charge >= 0.3 is 11.9 Å². The number of rotatable bonds is 43. The van der Waals surface area contributed by atoms with Gasteiger partial charge in [-0.25, -0.2) is 0 Å². The molecule has 0 radical (unpaired) electrons. The summed E-state index contributed by atoms with van der Waals surface area (Å²) in [5, 5.41) is 0. The largest absolute Gasteiger partial charge is 0.756 e. The molecule has 0 saturated heterocycles. The van der Waals surface area contributed by atoms with Crippen LogP contribution in [0.5, 0.6) is 0 Å². The van der Waals surface area contributed by atoms with E-state index >= 15 is 0 Å². The lowest BCUT2D eigenvalue weighted by Crippen LogP contribution is -2.37. The molecule has 0 rings (SSSR count). The molecule has 0 amide bonds. The van der Waals surface area contributed by atoms with E-state index in [1.165, 1.54) is 135 Å². The van der Waals surface area contributed by atoms with Crippen LogP contribution in [0, 0.1) is 0 Å². The maximum atomic E-state index is 12.7. The molecule has 10 heteroatoms. The Kier molecular flexibility index (Phi) is 38.3. The number of carbonyl (C=O) groups is 2. The molecule has 332 valence electrons. The standard InChI is InChI=1S/C46H90NO8P/c1-6-8-10-12-14-16-18-20-22-23-24-25-27-29-31-33-35-37-39-46(49)55-44(43-54-56(50,51)53-41-40-47(3,4)5)42-52-45(48)38-36-34-32-30-28-26-21-19-17-15-13-11-9-7-2/h19,21,44H,6-18,20,22-43H2,1-5H3/b21-19+/t44-/m1/s1. The van der Waals surface area contributed by atoms with Crippen molar-refractivity contribution in [1.29, 1.82) is 0 Å². The Bertz CT molecular complexity index is 969. The van der Waals surface area contributed by atoms with Crippen molar-refractivity contribution >= 4 is 19.8 Å². The maximum Gasteiger partial charge on any atom is 0.306 e. The minimum atomic E-state index is -4.62. The molecule has 0 aliphatic heterocycles. The molecule has 0 aliphatic carbocycles. The molecule has 0 aromatic rings. The van der Waals surface area contributed by atoms with Gasteiger partial charge in [0.15, 0.2) is 6.10 Å². The van der Waals surface area contributed by atoms with Crippen LogP contribution in [0.15, 0.2) is 12.2 Å². The van der Waals surface area contributed by atoms with E-state index in [-0.39, 0.29) is 32.0 Å². The number of unbranched alkanes of at least 4 members (excludes halogenated alkanes) is 27. The summed E-state index contributed by atoms with van der Waals surface area (Å²) in [5.74, 6) is -0.833. The van der Waals surface area contributed by atoms with Gasteiger partial charge in [0.05, 0.1) is 27.7 Å². The highest BCUT2D eigenvalue weighted by Crippen LogP contribution is 2.38. The van der Waals surface area contributed by atoms with Gasteiger partial charge < -0.3 is 27.9 Å². The second-order valence-corrected chi connectivity index (χ2v) is 18.5. The second kappa shape index (κ2) is 39.2. The van der Waals surface area contributed by atoms with Gasteiger partial charge in [0.25, 0.3) is 7.82 Å². The number of nitrogens with zero attached hydrogens (tertiary/aromatic N) is 1. The smallest absolute Gasteiger partial charge is 0.306 e. The van der Waals surface area contributed by atoms with Gasteiger partial charge in [0, 0.05) is 12.8 Å². The normalized spacial score (nSPS) is 13.6. The molecule has 0 heterocycles. The van der Waals surface area contributed by atoms with E-state index in [9.17, 15) is 19.0 Å². The lowest BCUT2D eigenvalue weighted by Gasteiger charge is -2.28.